The van der Waals surface area contributed by atoms with Crippen molar-refractivity contribution in [3.8, 4) is 0 Å². The number of ether oxygens (including phenoxy) is 1. The van der Waals surface area contributed by atoms with Crippen LogP contribution < -0.4 is 11.2 Å². The van der Waals surface area contributed by atoms with Gasteiger partial charge in [-0.2, -0.15) is 0 Å². The Morgan fingerprint density at radius 3 is 3.00 bits per heavy atom. The molecule has 1 saturated heterocycles. The summed E-state index contributed by atoms with van der Waals surface area (Å²) < 4.78 is 7.05. The van der Waals surface area contributed by atoms with Crippen LogP contribution >= 0.6 is 0 Å². The Bertz CT molecular complexity index is 628. The van der Waals surface area contributed by atoms with E-state index in [0.717, 1.165) is 0 Å². The van der Waals surface area contributed by atoms with Gasteiger partial charge in [0, 0.05) is 23.1 Å². The summed E-state index contributed by atoms with van der Waals surface area (Å²) in [6.45, 7) is 3.54. The lowest BCUT2D eigenvalue weighted by molar-refractivity contribution is -0.00417. The normalized spacial score (nSPS) is 26.1. The van der Waals surface area contributed by atoms with Gasteiger partial charge in [0.05, 0.1) is 12.1 Å². The van der Waals surface area contributed by atoms with Gasteiger partial charge in [-0.05, 0) is 18.9 Å². The van der Waals surface area contributed by atoms with Crippen LogP contribution in [-0.4, -0.2) is 21.7 Å². The molecule has 1 aromatic rings. The SMILES string of the molecule is CC[C@H]1O[C@@H](n2cc(C)c(=O)[nH]c2=O)C[C@H]1N=[N+]=[N-]. The van der Waals surface area contributed by atoms with Gasteiger partial charge in [0.2, 0.25) is 0 Å². The summed E-state index contributed by atoms with van der Waals surface area (Å²) in [4.78, 5) is 28.1. The van der Waals surface area contributed by atoms with E-state index in [0.29, 0.717) is 18.4 Å². The smallest absolute Gasteiger partial charge is 0.330 e. The number of aromatic nitrogens is 2. The minimum Gasteiger partial charge on any atom is -0.354 e. The quantitative estimate of drug-likeness (QED) is 0.503. The van der Waals surface area contributed by atoms with Gasteiger partial charge in [0.25, 0.3) is 5.56 Å². The van der Waals surface area contributed by atoms with Crippen LogP contribution in [0.4, 0.5) is 0 Å². The predicted molar refractivity (Wildman–Crippen MR) is 67.8 cm³/mol. The molecule has 2 rings (SSSR count). The number of nitrogens with one attached hydrogen (secondary N) is 1. The first kappa shape index (κ1) is 13.4. The lowest BCUT2D eigenvalue weighted by atomic mass is 10.1. The average molecular weight is 265 g/mol. The van der Waals surface area contributed by atoms with Gasteiger partial charge in [-0.15, -0.1) is 0 Å². The van der Waals surface area contributed by atoms with Crippen molar-refractivity contribution >= 4 is 0 Å². The molecule has 0 aromatic carbocycles. The maximum absolute atomic E-state index is 11.8. The molecule has 19 heavy (non-hydrogen) atoms. The highest BCUT2D eigenvalue weighted by Crippen LogP contribution is 2.31. The third-order valence-corrected chi connectivity index (χ3v) is 3.26. The summed E-state index contributed by atoms with van der Waals surface area (Å²) in [5.41, 5.74) is 8.03. The molecule has 0 saturated carbocycles. The Morgan fingerprint density at radius 2 is 2.37 bits per heavy atom. The molecule has 1 N–H and O–H groups in total. The van der Waals surface area contributed by atoms with Crippen molar-refractivity contribution < 1.29 is 4.74 Å². The first-order valence-corrected chi connectivity index (χ1v) is 6.08. The molecule has 1 aliphatic heterocycles. The molecule has 0 spiro atoms. The summed E-state index contributed by atoms with van der Waals surface area (Å²) in [5, 5.41) is 3.69. The standard InChI is InChI=1S/C11H15N5O3/c1-3-8-7(14-15-12)4-9(19-8)16-5-6(2)10(17)13-11(16)18/h5,7-9H,3-4H2,1-2H3,(H,13,17,18)/t7-,8-,9-/m1/s1. The largest absolute Gasteiger partial charge is 0.354 e. The average Bonchev–Trinajstić information content (AvgIpc) is 2.77. The van der Waals surface area contributed by atoms with Crippen LogP contribution in [0.25, 0.3) is 10.4 Å². The maximum Gasteiger partial charge on any atom is 0.330 e. The number of hydrogen-bond acceptors (Lipinski definition) is 4. The molecule has 8 heteroatoms. The van der Waals surface area contributed by atoms with Crippen LogP contribution in [0.1, 0.15) is 31.6 Å². The number of azide groups is 1. The van der Waals surface area contributed by atoms with Crippen molar-refractivity contribution in [1.29, 1.82) is 0 Å². The van der Waals surface area contributed by atoms with E-state index in [4.69, 9.17) is 10.3 Å². The third-order valence-electron chi connectivity index (χ3n) is 3.26. The Balaban J connectivity index is 2.34. The molecular formula is C11H15N5O3. The van der Waals surface area contributed by atoms with E-state index in [1.54, 1.807) is 6.92 Å². The van der Waals surface area contributed by atoms with Crippen LogP contribution in [-0.2, 0) is 4.74 Å². The van der Waals surface area contributed by atoms with E-state index >= 15 is 0 Å². The fraction of sp³-hybridized carbons (Fsp3) is 0.636. The highest BCUT2D eigenvalue weighted by Gasteiger charge is 2.34. The molecule has 1 aliphatic rings. The second kappa shape index (κ2) is 5.29. The first-order valence-electron chi connectivity index (χ1n) is 6.08. The van der Waals surface area contributed by atoms with Gasteiger partial charge in [0.1, 0.15) is 6.23 Å². The van der Waals surface area contributed by atoms with Crippen molar-refractivity contribution in [2.75, 3.05) is 0 Å². The monoisotopic (exact) mass is 265 g/mol. The van der Waals surface area contributed by atoms with E-state index < -0.39 is 17.5 Å². The van der Waals surface area contributed by atoms with Crippen molar-refractivity contribution in [1.82, 2.24) is 9.55 Å². The van der Waals surface area contributed by atoms with Crippen LogP contribution in [0.5, 0.6) is 0 Å². The molecule has 1 fully saturated rings. The fourth-order valence-corrected chi connectivity index (χ4v) is 2.24. The van der Waals surface area contributed by atoms with Crippen LogP contribution in [0.2, 0.25) is 0 Å². The summed E-state index contributed by atoms with van der Waals surface area (Å²) in [5.74, 6) is 0. The van der Waals surface area contributed by atoms with Crippen LogP contribution in [0.3, 0.4) is 0 Å². The first-order chi connectivity index (χ1) is 9.06. The zero-order valence-electron chi connectivity index (χ0n) is 10.7. The Morgan fingerprint density at radius 1 is 1.63 bits per heavy atom. The van der Waals surface area contributed by atoms with Crippen molar-refractivity contribution in [3.63, 3.8) is 0 Å². The van der Waals surface area contributed by atoms with E-state index in [1.165, 1.54) is 10.8 Å². The van der Waals surface area contributed by atoms with E-state index in [-0.39, 0.29) is 12.1 Å². The molecule has 0 amide bonds. The second-order valence-electron chi connectivity index (χ2n) is 4.52. The Labute approximate surface area is 108 Å². The zero-order chi connectivity index (χ0) is 14.0. The number of nitrogens with zero attached hydrogens (tertiary/aromatic N) is 4. The molecule has 3 atom stereocenters. The highest BCUT2D eigenvalue weighted by molar-refractivity contribution is 5.02. The molecular weight excluding hydrogens is 250 g/mol. The van der Waals surface area contributed by atoms with Gasteiger partial charge in [-0.3, -0.25) is 14.3 Å². The molecule has 102 valence electrons. The van der Waals surface area contributed by atoms with Crippen LogP contribution in [0, 0.1) is 6.92 Å². The second-order valence-corrected chi connectivity index (χ2v) is 4.52. The Hall–Kier alpha value is -2.05. The lowest BCUT2D eigenvalue weighted by Crippen LogP contribution is -2.33. The number of aryl methyl sites for hydroxylation is 1. The van der Waals surface area contributed by atoms with E-state index in [2.05, 4.69) is 15.0 Å². The van der Waals surface area contributed by atoms with E-state index in [9.17, 15) is 9.59 Å². The van der Waals surface area contributed by atoms with Gasteiger partial charge in [-0.1, -0.05) is 12.0 Å². The topological polar surface area (TPSA) is 113 Å². The van der Waals surface area contributed by atoms with Gasteiger partial charge in [-0.25, -0.2) is 4.79 Å². The number of aromatic amines is 1. The summed E-state index contributed by atoms with van der Waals surface area (Å²) in [6.07, 6.45) is 1.87. The number of rotatable bonds is 3. The number of H-pyrrole nitrogens is 1. The zero-order valence-corrected chi connectivity index (χ0v) is 10.7. The highest BCUT2D eigenvalue weighted by atomic mass is 16.5. The van der Waals surface area contributed by atoms with Crippen molar-refractivity contribution in [2.45, 2.75) is 45.1 Å². The summed E-state index contributed by atoms with van der Waals surface area (Å²) in [7, 11) is 0. The lowest BCUT2D eigenvalue weighted by Gasteiger charge is -2.15. The molecule has 2 heterocycles. The van der Waals surface area contributed by atoms with Crippen LogP contribution in [0.15, 0.2) is 20.9 Å². The minimum atomic E-state index is -0.517. The summed E-state index contributed by atoms with van der Waals surface area (Å²) >= 11 is 0. The van der Waals surface area contributed by atoms with Gasteiger partial charge in [0.15, 0.2) is 0 Å². The molecule has 8 nitrogen and oxygen atoms in total. The molecule has 0 aliphatic carbocycles. The summed E-state index contributed by atoms with van der Waals surface area (Å²) in [6, 6.07) is -0.292. The Kier molecular flexibility index (Phi) is 3.73. The van der Waals surface area contributed by atoms with Crippen molar-refractivity contribution in [2.24, 2.45) is 5.11 Å². The molecule has 1 aromatic heterocycles. The predicted octanol–water partition coefficient (Wildman–Crippen LogP) is 1.22. The van der Waals surface area contributed by atoms with Gasteiger partial charge >= 0.3 is 5.69 Å². The molecule has 0 unspecified atom stereocenters. The van der Waals surface area contributed by atoms with Gasteiger partial charge < -0.3 is 4.74 Å². The van der Waals surface area contributed by atoms with Crippen molar-refractivity contribution in [3.05, 3.63) is 43.0 Å². The minimum absolute atomic E-state index is 0.208. The molecule has 0 bridgehead atoms. The number of hydrogen-bond donors (Lipinski definition) is 1. The molecule has 0 radical (unpaired) electrons. The maximum atomic E-state index is 11.8. The van der Waals surface area contributed by atoms with E-state index in [1.807, 2.05) is 6.92 Å². The third kappa shape index (κ3) is 2.54. The fourth-order valence-electron chi connectivity index (χ4n) is 2.24.